The molecule has 2 aromatic carbocycles. The van der Waals surface area contributed by atoms with Crippen LogP contribution in [0.5, 0.6) is 11.5 Å². The van der Waals surface area contributed by atoms with E-state index in [-0.39, 0.29) is 0 Å². The first-order chi connectivity index (χ1) is 18.0. The maximum atomic E-state index is 13.8. The Labute approximate surface area is 225 Å². The molecule has 1 atom stereocenters. The van der Waals surface area contributed by atoms with Gasteiger partial charge < -0.3 is 9.47 Å². The minimum absolute atomic E-state index is 0.352. The molecule has 0 aliphatic heterocycles. The Morgan fingerprint density at radius 3 is 1.49 bits per heavy atom. The van der Waals surface area contributed by atoms with E-state index >= 15 is 0 Å². The van der Waals surface area contributed by atoms with Crippen LogP contribution >= 0.6 is 0 Å². The molecule has 0 heterocycles. The first-order valence-corrected chi connectivity index (χ1v) is 14.7. The Hall–Kier alpha value is -2.36. The van der Waals surface area contributed by atoms with E-state index in [1.807, 2.05) is 36.4 Å². The van der Waals surface area contributed by atoms with Crippen LogP contribution in [0.3, 0.4) is 0 Å². The summed E-state index contributed by atoms with van der Waals surface area (Å²) in [4.78, 5) is 11.8. The zero-order chi connectivity index (χ0) is 26.7. The third-order valence-corrected chi connectivity index (χ3v) is 6.84. The van der Waals surface area contributed by atoms with Crippen LogP contribution in [0.15, 0.2) is 48.5 Å². The highest BCUT2D eigenvalue weighted by atomic mass is 19.1. The van der Waals surface area contributed by atoms with Gasteiger partial charge in [0.1, 0.15) is 11.5 Å². The van der Waals surface area contributed by atoms with E-state index in [1.165, 1.54) is 83.5 Å². The Kier molecular flexibility index (Phi) is 15.7. The topological polar surface area (TPSA) is 35.5 Å². The van der Waals surface area contributed by atoms with Gasteiger partial charge in [0.2, 0.25) is 0 Å². The van der Waals surface area contributed by atoms with E-state index < -0.39 is 18.1 Å². The first-order valence-electron chi connectivity index (χ1n) is 14.7. The molecule has 0 saturated carbocycles. The summed E-state index contributed by atoms with van der Waals surface area (Å²) < 4.78 is 24.8. The Balaban J connectivity index is 1.54. The molecule has 0 aliphatic rings. The van der Waals surface area contributed by atoms with Crippen LogP contribution in [-0.4, -0.2) is 18.7 Å². The van der Waals surface area contributed by atoms with Gasteiger partial charge in [-0.1, -0.05) is 129 Å². The van der Waals surface area contributed by atoms with E-state index in [2.05, 4.69) is 6.92 Å². The third kappa shape index (κ3) is 13.1. The summed E-state index contributed by atoms with van der Waals surface area (Å²) in [5, 5.41) is 0. The lowest BCUT2D eigenvalue weighted by molar-refractivity contribution is -0.141. The molecule has 3 nitrogen and oxygen atoms in total. The minimum atomic E-state index is -1.61. The number of benzene rings is 2. The van der Waals surface area contributed by atoms with Gasteiger partial charge in [0.15, 0.2) is 6.17 Å². The molecule has 0 bridgehead atoms. The van der Waals surface area contributed by atoms with Crippen molar-refractivity contribution in [3.8, 4) is 22.6 Å². The maximum absolute atomic E-state index is 13.8. The van der Waals surface area contributed by atoms with Gasteiger partial charge in [-0.25, -0.2) is 9.18 Å². The fourth-order valence-corrected chi connectivity index (χ4v) is 4.39. The zero-order valence-corrected chi connectivity index (χ0v) is 23.5. The van der Waals surface area contributed by atoms with Crippen LogP contribution < -0.4 is 9.47 Å². The highest BCUT2D eigenvalue weighted by molar-refractivity contribution is 5.77. The fourth-order valence-electron chi connectivity index (χ4n) is 4.39. The van der Waals surface area contributed by atoms with Gasteiger partial charge in [-0.2, -0.15) is 0 Å². The highest BCUT2D eigenvalue weighted by Crippen LogP contribution is 2.25. The largest absolute Gasteiger partial charge is 0.494 e. The van der Waals surface area contributed by atoms with E-state index in [0.29, 0.717) is 5.75 Å². The van der Waals surface area contributed by atoms with E-state index in [4.69, 9.17) is 9.47 Å². The molecule has 2 rings (SSSR count). The molecule has 1 unspecified atom stereocenters. The molecule has 0 amide bonds. The van der Waals surface area contributed by atoms with Crippen molar-refractivity contribution in [1.29, 1.82) is 0 Å². The Bertz CT molecular complexity index is 845. The van der Waals surface area contributed by atoms with Crippen molar-refractivity contribution < 1.29 is 18.7 Å². The van der Waals surface area contributed by atoms with Gasteiger partial charge in [-0.15, -0.1) is 0 Å². The molecule has 0 aromatic heterocycles. The van der Waals surface area contributed by atoms with Crippen molar-refractivity contribution in [3.05, 3.63) is 48.5 Å². The van der Waals surface area contributed by atoms with Crippen LogP contribution in [0, 0.1) is 5.92 Å². The minimum Gasteiger partial charge on any atom is -0.494 e. The van der Waals surface area contributed by atoms with Crippen molar-refractivity contribution in [2.75, 3.05) is 6.61 Å². The SMILES string of the molecule is CCCCCCCCCCCCCCCCOc1ccc(-c2ccc(OC(=O)C(F)C(C)C)cc2)cc1. The lowest BCUT2D eigenvalue weighted by Crippen LogP contribution is -2.26. The lowest BCUT2D eigenvalue weighted by Gasteiger charge is -2.11. The van der Waals surface area contributed by atoms with Gasteiger partial charge in [0.25, 0.3) is 0 Å². The number of unbranched alkanes of at least 4 members (excludes halogenated alkanes) is 13. The molecule has 37 heavy (non-hydrogen) atoms. The summed E-state index contributed by atoms with van der Waals surface area (Å²) in [5.74, 6) is -0.0123. The lowest BCUT2D eigenvalue weighted by atomic mass is 10.0. The molecule has 0 spiro atoms. The molecular weight excluding hydrogens is 463 g/mol. The van der Waals surface area contributed by atoms with Crippen molar-refractivity contribution in [1.82, 2.24) is 0 Å². The summed E-state index contributed by atoms with van der Waals surface area (Å²) in [6.07, 6.45) is 17.4. The monoisotopic (exact) mass is 512 g/mol. The molecular formula is C33H49FO3. The third-order valence-electron chi connectivity index (χ3n) is 6.84. The number of alkyl halides is 1. The number of hydrogen-bond acceptors (Lipinski definition) is 3. The summed E-state index contributed by atoms with van der Waals surface area (Å²) in [7, 11) is 0. The Morgan fingerprint density at radius 1 is 0.649 bits per heavy atom. The molecule has 4 heteroatoms. The summed E-state index contributed by atoms with van der Waals surface area (Å²) in [6, 6.07) is 15.2. The molecule has 0 aliphatic carbocycles. The van der Waals surface area contributed by atoms with Gasteiger partial charge in [-0.05, 0) is 47.7 Å². The van der Waals surface area contributed by atoms with Gasteiger partial charge >= 0.3 is 5.97 Å². The molecule has 206 valence electrons. The first kappa shape index (κ1) is 30.9. The van der Waals surface area contributed by atoms with Crippen molar-refractivity contribution in [2.24, 2.45) is 5.92 Å². The number of rotatable bonds is 20. The van der Waals surface area contributed by atoms with Crippen LogP contribution in [-0.2, 0) is 4.79 Å². The smallest absolute Gasteiger partial charge is 0.346 e. The summed E-state index contributed by atoms with van der Waals surface area (Å²) in [5.41, 5.74) is 2.05. The number of carbonyl (C=O) groups excluding carboxylic acids is 1. The number of ether oxygens (including phenoxy) is 2. The molecule has 0 saturated heterocycles. The van der Waals surface area contributed by atoms with E-state index in [0.717, 1.165) is 29.9 Å². The van der Waals surface area contributed by atoms with Crippen LogP contribution in [0.2, 0.25) is 0 Å². The second-order valence-corrected chi connectivity index (χ2v) is 10.6. The molecule has 0 N–H and O–H groups in total. The average Bonchev–Trinajstić information content (AvgIpc) is 2.91. The summed E-state index contributed by atoms with van der Waals surface area (Å²) in [6.45, 7) is 6.34. The number of hydrogen-bond donors (Lipinski definition) is 0. The van der Waals surface area contributed by atoms with Crippen molar-refractivity contribution >= 4 is 5.97 Å². The predicted octanol–water partition coefficient (Wildman–Crippen LogP) is 10.1. The van der Waals surface area contributed by atoms with E-state index in [9.17, 15) is 9.18 Å². The highest BCUT2D eigenvalue weighted by Gasteiger charge is 2.23. The average molecular weight is 513 g/mol. The van der Waals surface area contributed by atoms with Crippen LogP contribution in [0.1, 0.15) is 111 Å². The molecule has 0 radical (unpaired) electrons. The van der Waals surface area contributed by atoms with Gasteiger partial charge in [0.05, 0.1) is 6.61 Å². The predicted molar refractivity (Wildman–Crippen MR) is 153 cm³/mol. The van der Waals surface area contributed by atoms with Crippen molar-refractivity contribution in [2.45, 2.75) is 117 Å². The van der Waals surface area contributed by atoms with Crippen LogP contribution in [0.4, 0.5) is 4.39 Å². The standard InChI is InChI=1S/C33H49FO3/c1-4-5-6-7-8-9-10-11-12-13-14-15-16-17-26-36-30-22-18-28(19-23-30)29-20-24-31(25-21-29)37-33(35)32(34)27(2)3/h18-25,27,32H,4-17,26H2,1-3H3. The fraction of sp³-hybridized carbons (Fsp3) is 0.606. The molecule has 2 aromatic rings. The van der Waals surface area contributed by atoms with Crippen molar-refractivity contribution in [3.63, 3.8) is 0 Å². The maximum Gasteiger partial charge on any atom is 0.346 e. The molecule has 0 fully saturated rings. The normalized spacial score (nSPS) is 12.0. The number of carbonyl (C=O) groups is 1. The van der Waals surface area contributed by atoms with Gasteiger partial charge in [-0.3, -0.25) is 0 Å². The number of halogens is 1. The second kappa shape index (κ2) is 18.8. The second-order valence-electron chi connectivity index (χ2n) is 10.6. The summed E-state index contributed by atoms with van der Waals surface area (Å²) >= 11 is 0. The van der Waals surface area contributed by atoms with Crippen LogP contribution in [0.25, 0.3) is 11.1 Å². The van der Waals surface area contributed by atoms with Gasteiger partial charge in [0, 0.05) is 0 Å². The number of esters is 1. The zero-order valence-electron chi connectivity index (χ0n) is 23.5. The quantitative estimate of drug-likeness (QED) is 0.101. The Morgan fingerprint density at radius 2 is 1.05 bits per heavy atom. The van der Waals surface area contributed by atoms with E-state index in [1.54, 1.807) is 26.0 Å².